The maximum absolute atomic E-state index is 13.2. The van der Waals surface area contributed by atoms with E-state index in [9.17, 15) is 4.39 Å². The van der Waals surface area contributed by atoms with Crippen molar-refractivity contribution in [3.63, 3.8) is 0 Å². The molecular weight excluding hydrogens is 295 g/mol. The predicted octanol–water partition coefficient (Wildman–Crippen LogP) is 3.05. The molecule has 3 N–H and O–H groups in total. The fraction of sp³-hybridized carbons (Fsp3) is 0.200. The van der Waals surface area contributed by atoms with E-state index in [0.29, 0.717) is 22.6 Å². The van der Waals surface area contributed by atoms with Gasteiger partial charge in [-0.3, -0.25) is 5.84 Å². The van der Waals surface area contributed by atoms with Gasteiger partial charge in [0, 0.05) is 5.02 Å². The van der Waals surface area contributed by atoms with Gasteiger partial charge in [-0.25, -0.2) is 9.82 Å². The van der Waals surface area contributed by atoms with Gasteiger partial charge in [0.05, 0.1) is 25.8 Å². The quantitative estimate of drug-likeness (QED) is 0.658. The predicted molar refractivity (Wildman–Crippen MR) is 80.1 cm³/mol. The van der Waals surface area contributed by atoms with E-state index in [1.807, 2.05) is 0 Å². The average molecular weight is 311 g/mol. The largest absolute Gasteiger partial charge is 0.496 e. The average Bonchev–Trinajstić information content (AvgIpc) is 2.49. The molecule has 2 aromatic carbocycles. The van der Waals surface area contributed by atoms with Crippen molar-refractivity contribution in [2.75, 3.05) is 14.2 Å². The van der Waals surface area contributed by atoms with Crippen LogP contribution in [0.3, 0.4) is 0 Å². The summed E-state index contributed by atoms with van der Waals surface area (Å²) in [6, 6.07) is 9.04. The van der Waals surface area contributed by atoms with Crippen LogP contribution >= 0.6 is 11.6 Å². The Hall–Kier alpha value is -1.82. The molecule has 2 rings (SSSR count). The Morgan fingerprint density at radius 1 is 1.14 bits per heavy atom. The summed E-state index contributed by atoms with van der Waals surface area (Å²) in [7, 11) is 3.11. The number of hydrogen-bond acceptors (Lipinski definition) is 4. The van der Waals surface area contributed by atoms with E-state index in [1.165, 1.54) is 12.1 Å². The molecular formula is C15H16ClFN2O2. The van der Waals surface area contributed by atoms with Gasteiger partial charge in [0.15, 0.2) is 0 Å². The molecule has 0 fully saturated rings. The van der Waals surface area contributed by atoms with Crippen LogP contribution in [0, 0.1) is 5.82 Å². The monoisotopic (exact) mass is 310 g/mol. The van der Waals surface area contributed by atoms with Gasteiger partial charge in [-0.2, -0.15) is 0 Å². The molecule has 0 aliphatic rings. The highest BCUT2D eigenvalue weighted by molar-refractivity contribution is 6.31. The highest BCUT2D eigenvalue weighted by Crippen LogP contribution is 2.39. The molecule has 112 valence electrons. The number of rotatable bonds is 5. The smallest absolute Gasteiger partial charge is 0.127 e. The van der Waals surface area contributed by atoms with Crippen LogP contribution < -0.4 is 20.7 Å². The lowest BCUT2D eigenvalue weighted by Gasteiger charge is -2.22. The Kier molecular flexibility index (Phi) is 5.01. The lowest BCUT2D eigenvalue weighted by Crippen LogP contribution is -2.29. The van der Waals surface area contributed by atoms with Gasteiger partial charge in [-0.15, -0.1) is 0 Å². The van der Waals surface area contributed by atoms with Crippen LogP contribution in [0.15, 0.2) is 36.4 Å². The third-order valence-corrected chi connectivity index (χ3v) is 3.52. The molecule has 1 atom stereocenters. The summed E-state index contributed by atoms with van der Waals surface area (Å²) in [5.74, 6) is 6.46. The van der Waals surface area contributed by atoms with E-state index in [1.54, 1.807) is 38.5 Å². The van der Waals surface area contributed by atoms with Gasteiger partial charge in [-0.1, -0.05) is 23.7 Å². The molecule has 0 aliphatic carbocycles. The van der Waals surface area contributed by atoms with E-state index in [0.717, 1.165) is 0 Å². The van der Waals surface area contributed by atoms with E-state index in [4.69, 9.17) is 26.9 Å². The Balaban J connectivity index is 2.61. The number of nitrogens with two attached hydrogens (primary N) is 1. The zero-order valence-corrected chi connectivity index (χ0v) is 12.4. The van der Waals surface area contributed by atoms with E-state index in [-0.39, 0.29) is 5.02 Å². The summed E-state index contributed by atoms with van der Waals surface area (Å²) in [6.07, 6.45) is 0. The first kappa shape index (κ1) is 15.6. The summed E-state index contributed by atoms with van der Waals surface area (Å²) < 4.78 is 23.9. The number of benzene rings is 2. The van der Waals surface area contributed by atoms with Crippen LogP contribution in [0.1, 0.15) is 17.2 Å². The minimum Gasteiger partial charge on any atom is -0.496 e. The van der Waals surface area contributed by atoms with Crippen LogP contribution in [0.5, 0.6) is 11.5 Å². The van der Waals surface area contributed by atoms with Gasteiger partial charge < -0.3 is 9.47 Å². The summed E-state index contributed by atoms with van der Waals surface area (Å²) in [5, 5.41) is 0.269. The Bertz CT molecular complexity index is 615. The third kappa shape index (κ3) is 3.10. The first-order valence-electron chi connectivity index (χ1n) is 6.24. The van der Waals surface area contributed by atoms with Gasteiger partial charge in [-0.05, 0) is 29.8 Å². The number of methoxy groups -OCH3 is 2. The third-order valence-electron chi connectivity index (χ3n) is 3.19. The summed E-state index contributed by atoms with van der Waals surface area (Å²) in [6.45, 7) is 0. The van der Waals surface area contributed by atoms with E-state index < -0.39 is 11.9 Å². The van der Waals surface area contributed by atoms with Crippen LogP contribution in [0.25, 0.3) is 0 Å². The highest BCUT2D eigenvalue weighted by Gasteiger charge is 2.23. The molecule has 0 amide bonds. The van der Waals surface area contributed by atoms with Crippen molar-refractivity contribution in [2.45, 2.75) is 6.04 Å². The summed E-state index contributed by atoms with van der Waals surface area (Å²) in [4.78, 5) is 0. The molecule has 0 aliphatic heterocycles. The molecule has 0 aromatic heterocycles. The molecule has 0 heterocycles. The van der Waals surface area contributed by atoms with Crippen LogP contribution in [0.4, 0.5) is 4.39 Å². The summed E-state index contributed by atoms with van der Waals surface area (Å²) >= 11 is 6.13. The van der Waals surface area contributed by atoms with E-state index in [2.05, 4.69) is 5.43 Å². The number of ether oxygens (including phenoxy) is 2. The van der Waals surface area contributed by atoms with Crippen molar-refractivity contribution in [3.05, 3.63) is 58.4 Å². The van der Waals surface area contributed by atoms with Crippen LogP contribution in [0.2, 0.25) is 5.02 Å². The first-order chi connectivity index (χ1) is 10.1. The van der Waals surface area contributed by atoms with Gasteiger partial charge in [0.1, 0.15) is 17.3 Å². The van der Waals surface area contributed by atoms with E-state index >= 15 is 0 Å². The fourth-order valence-corrected chi connectivity index (χ4v) is 2.50. The normalized spacial score (nSPS) is 12.0. The standard InChI is InChI=1S/C15H16ClFN2O2/c1-20-12-4-3-5-13(21-2)14(12)15(19-18)10-7-6-9(17)8-11(10)16/h3-8,15,19H,18H2,1-2H3. The summed E-state index contributed by atoms with van der Waals surface area (Å²) in [5.41, 5.74) is 4.00. The Labute approximate surface area is 127 Å². The lowest BCUT2D eigenvalue weighted by atomic mass is 9.97. The number of nitrogens with one attached hydrogen (secondary N) is 1. The zero-order chi connectivity index (χ0) is 15.4. The van der Waals surface area contributed by atoms with Gasteiger partial charge >= 0.3 is 0 Å². The zero-order valence-electron chi connectivity index (χ0n) is 11.7. The molecule has 6 heteroatoms. The second-order valence-electron chi connectivity index (χ2n) is 4.34. The molecule has 21 heavy (non-hydrogen) atoms. The number of hydrazine groups is 1. The van der Waals surface area contributed by atoms with Crippen molar-refractivity contribution in [1.82, 2.24) is 5.43 Å². The molecule has 0 saturated carbocycles. The minimum atomic E-state index is -0.496. The number of hydrogen-bond donors (Lipinski definition) is 2. The molecule has 0 spiro atoms. The van der Waals surface area contributed by atoms with Crippen molar-refractivity contribution in [1.29, 1.82) is 0 Å². The molecule has 2 aromatic rings. The number of halogens is 2. The van der Waals surface area contributed by atoms with Crippen molar-refractivity contribution < 1.29 is 13.9 Å². The first-order valence-corrected chi connectivity index (χ1v) is 6.62. The molecule has 0 saturated heterocycles. The maximum atomic E-state index is 13.2. The van der Waals surface area contributed by atoms with Gasteiger partial charge in [0.25, 0.3) is 0 Å². The minimum absolute atomic E-state index is 0.269. The molecule has 1 unspecified atom stereocenters. The topological polar surface area (TPSA) is 56.5 Å². The van der Waals surface area contributed by atoms with Gasteiger partial charge in [0.2, 0.25) is 0 Å². The highest BCUT2D eigenvalue weighted by atomic mass is 35.5. The lowest BCUT2D eigenvalue weighted by molar-refractivity contribution is 0.377. The molecule has 0 bridgehead atoms. The second kappa shape index (κ2) is 6.76. The molecule has 4 nitrogen and oxygen atoms in total. The van der Waals surface area contributed by atoms with Crippen LogP contribution in [-0.2, 0) is 0 Å². The SMILES string of the molecule is COc1cccc(OC)c1C(NN)c1ccc(F)cc1Cl. The Morgan fingerprint density at radius 2 is 1.76 bits per heavy atom. The fourth-order valence-electron chi connectivity index (χ4n) is 2.23. The second-order valence-corrected chi connectivity index (χ2v) is 4.75. The van der Waals surface area contributed by atoms with Crippen molar-refractivity contribution >= 4 is 11.6 Å². The van der Waals surface area contributed by atoms with Crippen molar-refractivity contribution in [3.8, 4) is 11.5 Å². The maximum Gasteiger partial charge on any atom is 0.127 e. The Morgan fingerprint density at radius 3 is 2.24 bits per heavy atom. The van der Waals surface area contributed by atoms with Crippen molar-refractivity contribution in [2.24, 2.45) is 5.84 Å². The molecule has 0 radical (unpaired) electrons. The van der Waals surface area contributed by atoms with Crippen LogP contribution in [-0.4, -0.2) is 14.2 Å².